The Morgan fingerprint density at radius 3 is 2.04 bits per heavy atom. The van der Waals surface area contributed by atoms with Crippen molar-refractivity contribution in [2.45, 2.75) is 19.9 Å². The topological polar surface area (TPSA) is 54.0 Å². The van der Waals surface area contributed by atoms with Crippen LogP contribution >= 0.6 is 0 Å². The van der Waals surface area contributed by atoms with E-state index in [1.165, 1.54) is 0 Å². The van der Waals surface area contributed by atoms with Crippen molar-refractivity contribution in [1.82, 2.24) is 4.98 Å². The van der Waals surface area contributed by atoms with E-state index < -0.39 is 0 Å². The first-order valence-corrected chi connectivity index (χ1v) is 8.76. The van der Waals surface area contributed by atoms with Gasteiger partial charge < -0.3 is 10.6 Å². The maximum atomic E-state index is 12.7. The van der Waals surface area contributed by atoms with Crippen LogP contribution < -0.4 is 10.6 Å². The summed E-state index contributed by atoms with van der Waals surface area (Å²) >= 11 is 0. The minimum Gasteiger partial charge on any atom is -0.373 e. The molecule has 4 nitrogen and oxygen atoms in total. The van der Waals surface area contributed by atoms with Gasteiger partial charge in [0, 0.05) is 23.8 Å². The molecule has 2 aromatic carbocycles. The standard InChI is InChI=1S/C22H23N3O/c1-16(2)21(24-19-6-4-3-5-7-19)22(26)25-20-10-8-17(9-11-20)18-12-14-23-15-13-18/h3-16,21,24H,1-2H3,(H,25,26)/t21-/m0/s1. The molecule has 0 aliphatic heterocycles. The number of pyridine rings is 1. The van der Waals surface area contributed by atoms with Crippen molar-refractivity contribution in [1.29, 1.82) is 0 Å². The lowest BCUT2D eigenvalue weighted by Gasteiger charge is -2.23. The molecule has 0 bridgehead atoms. The first-order chi connectivity index (χ1) is 12.6. The van der Waals surface area contributed by atoms with Crippen LogP contribution in [0.4, 0.5) is 11.4 Å². The predicted molar refractivity (Wildman–Crippen MR) is 107 cm³/mol. The van der Waals surface area contributed by atoms with Crippen LogP contribution in [0.1, 0.15) is 13.8 Å². The summed E-state index contributed by atoms with van der Waals surface area (Å²) in [6, 6.07) is 21.3. The van der Waals surface area contributed by atoms with Gasteiger partial charge in [0.15, 0.2) is 0 Å². The smallest absolute Gasteiger partial charge is 0.247 e. The number of hydrogen-bond donors (Lipinski definition) is 2. The van der Waals surface area contributed by atoms with Crippen molar-refractivity contribution in [3.8, 4) is 11.1 Å². The monoisotopic (exact) mass is 345 g/mol. The predicted octanol–water partition coefficient (Wildman–Crippen LogP) is 4.82. The van der Waals surface area contributed by atoms with E-state index in [0.29, 0.717) is 0 Å². The summed E-state index contributed by atoms with van der Waals surface area (Å²) in [6.07, 6.45) is 3.54. The number of nitrogens with zero attached hydrogens (tertiary/aromatic N) is 1. The largest absolute Gasteiger partial charge is 0.373 e. The van der Waals surface area contributed by atoms with Gasteiger partial charge in [-0.1, -0.05) is 44.2 Å². The first-order valence-electron chi connectivity index (χ1n) is 8.76. The van der Waals surface area contributed by atoms with E-state index >= 15 is 0 Å². The van der Waals surface area contributed by atoms with Crippen LogP contribution in [0, 0.1) is 5.92 Å². The van der Waals surface area contributed by atoms with E-state index in [1.807, 2.05) is 80.6 Å². The maximum Gasteiger partial charge on any atom is 0.247 e. The van der Waals surface area contributed by atoms with E-state index in [-0.39, 0.29) is 17.9 Å². The lowest BCUT2D eigenvalue weighted by Crippen LogP contribution is -2.38. The number of nitrogens with one attached hydrogen (secondary N) is 2. The summed E-state index contributed by atoms with van der Waals surface area (Å²) in [7, 11) is 0. The van der Waals surface area contributed by atoms with Crippen molar-refractivity contribution in [3.63, 3.8) is 0 Å². The Balaban J connectivity index is 1.69. The molecule has 0 saturated carbocycles. The van der Waals surface area contributed by atoms with Crippen molar-refractivity contribution < 1.29 is 4.79 Å². The fourth-order valence-electron chi connectivity index (χ4n) is 2.76. The molecule has 0 aliphatic carbocycles. The van der Waals surface area contributed by atoms with E-state index in [1.54, 1.807) is 12.4 Å². The minimum absolute atomic E-state index is 0.0412. The zero-order chi connectivity index (χ0) is 18.4. The number of carbonyl (C=O) groups excluding carboxylic acids is 1. The normalized spacial score (nSPS) is 11.8. The molecule has 0 fully saturated rings. The third-order valence-corrected chi connectivity index (χ3v) is 4.21. The highest BCUT2D eigenvalue weighted by molar-refractivity contribution is 5.97. The van der Waals surface area contributed by atoms with Crippen LogP contribution in [0.3, 0.4) is 0 Å². The third kappa shape index (κ3) is 4.48. The summed E-state index contributed by atoms with van der Waals surface area (Å²) in [6.45, 7) is 4.07. The Morgan fingerprint density at radius 1 is 0.808 bits per heavy atom. The molecule has 2 N–H and O–H groups in total. The first kappa shape index (κ1) is 17.7. The SMILES string of the molecule is CC(C)[C@H](Nc1ccccc1)C(=O)Nc1ccc(-c2ccncc2)cc1. The molecule has 0 spiro atoms. The van der Waals surface area contributed by atoms with Crippen molar-refractivity contribution in [2.75, 3.05) is 10.6 Å². The highest BCUT2D eigenvalue weighted by Crippen LogP contribution is 2.21. The number of benzene rings is 2. The molecule has 4 heteroatoms. The Hall–Kier alpha value is -3.14. The number of carbonyl (C=O) groups is 1. The molecule has 1 aromatic heterocycles. The number of hydrogen-bond acceptors (Lipinski definition) is 3. The van der Waals surface area contributed by atoms with Crippen LogP contribution in [0.2, 0.25) is 0 Å². The van der Waals surface area contributed by atoms with Gasteiger partial charge in [0.25, 0.3) is 0 Å². The van der Waals surface area contributed by atoms with Gasteiger partial charge >= 0.3 is 0 Å². The maximum absolute atomic E-state index is 12.7. The molecule has 26 heavy (non-hydrogen) atoms. The zero-order valence-electron chi connectivity index (χ0n) is 15.0. The average molecular weight is 345 g/mol. The summed E-state index contributed by atoms with van der Waals surface area (Å²) < 4.78 is 0. The van der Waals surface area contributed by atoms with Crippen LogP contribution in [0.25, 0.3) is 11.1 Å². The summed E-state index contributed by atoms with van der Waals surface area (Å²) in [4.78, 5) is 16.8. The number of rotatable bonds is 6. The molecule has 132 valence electrons. The molecule has 3 aromatic rings. The lowest BCUT2D eigenvalue weighted by molar-refractivity contribution is -0.117. The highest BCUT2D eigenvalue weighted by atomic mass is 16.2. The molecular weight excluding hydrogens is 322 g/mol. The fraction of sp³-hybridized carbons (Fsp3) is 0.182. The van der Waals surface area contributed by atoms with Gasteiger partial charge in [0.05, 0.1) is 0 Å². The highest BCUT2D eigenvalue weighted by Gasteiger charge is 2.22. The minimum atomic E-state index is -0.308. The van der Waals surface area contributed by atoms with Crippen LogP contribution in [-0.2, 0) is 4.79 Å². The quantitative estimate of drug-likeness (QED) is 0.673. The molecule has 1 heterocycles. The molecule has 1 atom stereocenters. The van der Waals surface area contributed by atoms with Gasteiger partial charge in [-0.05, 0) is 53.4 Å². The van der Waals surface area contributed by atoms with Gasteiger partial charge in [0.1, 0.15) is 6.04 Å². The molecular formula is C22H23N3O. The zero-order valence-corrected chi connectivity index (χ0v) is 15.0. The van der Waals surface area contributed by atoms with Crippen LogP contribution in [-0.4, -0.2) is 16.9 Å². The van der Waals surface area contributed by atoms with Gasteiger partial charge in [-0.2, -0.15) is 0 Å². The Morgan fingerprint density at radius 2 is 1.42 bits per heavy atom. The third-order valence-electron chi connectivity index (χ3n) is 4.21. The molecule has 0 unspecified atom stereocenters. The fourth-order valence-corrected chi connectivity index (χ4v) is 2.76. The molecule has 0 saturated heterocycles. The van der Waals surface area contributed by atoms with E-state index in [9.17, 15) is 4.79 Å². The number of aromatic nitrogens is 1. The second kappa shape index (κ2) is 8.30. The van der Waals surface area contributed by atoms with Crippen LogP contribution in [0.15, 0.2) is 79.1 Å². The van der Waals surface area contributed by atoms with E-state index in [0.717, 1.165) is 22.5 Å². The molecule has 1 amide bonds. The van der Waals surface area contributed by atoms with Gasteiger partial charge in [-0.15, -0.1) is 0 Å². The number of para-hydroxylation sites is 1. The van der Waals surface area contributed by atoms with Gasteiger partial charge in [-0.25, -0.2) is 0 Å². The number of anilines is 2. The Labute approximate surface area is 154 Å². The van der Waals surface area contributed by atoms with Crippen molar-refractivity contribution >= 4 is 17.3 Å². The van der Waals surface area contributed by atoms with Crippen LogP contribution in [0.5, 0.6) is 0 Å². The summed E-state index contributed by atoms with van der Waals surface area (Å²) in [5, 5.41) is 6.33. The average Bonchev–Trinajstić information content (AvgIpc) is 2.68. The second-order valence-electron chi connectivity index (χ2n) is 6.53. The van der Waals surface area contributed by atoms with E-state index in [4.69, 9.17) is 0 Å². The molecule has 0 radical (unpaired) electrons. The Bertz CT molecular complexity index is 830. The lowest BCUT2D eigenvalue weighted by atomic mass is 10.0. The molecule has 3 rings (SSSR count). The Kier molecular flexibility index (Phi) is 5.64. The van der Waals surface area contributed by atoms with Crippen molar-refractivity contribution in [2.24, 2.45) is 5.92 Å². The second-order valence-corrected chi connectivity index (χ2v) is 6.53. The summed E-state index contributed by atoms with van der Waals surface area (Å²) in [5.41, 5.74) is 3.92. The van der Waals surface area contributed by atoms with E-state index in [2.05, 4.69) is 15.6 Å². The van der Waals surface area contributed by atoms with Gasteiger partial charge in [0.2, 0.25) is 5.91 Å². The van der Waals surface area contributed by atoms with Gasteiger partial charge in [-0.3, -0.25) is 9.78 Å². The number of amides is 1. The van der Waals surface area contributed by atoms with Crippen molar-refractivity contribution in [3.05, 3.63) is 79.1 Å². The summed E-state index contributed by atoms with van der Waals surface area (Å²) in [5.74, 6) is 0.117. The molecule has 0 aliphatic rings.